The first-order valence-electron chi connectivity index (χ1n) is 5.73. The quantitative estimate of drug-likeness (QED) is 0.802. The monoisotopic (exact) mass is 231 g/mol. The predicted octanol–water partition coefficient (Wildman–Crippen LogP) is 2.49. The van der Waals surface area contributed by atoms with Crippen LogP contribution in [0.25, 0.3) is 0 Å². The molecule has 3 heteroatoms. The maximum Gasteiger partial charge on any atom is 0.123 e. The molecule has 2 rings (SSSR count). The second kappa shape index (κ2) is 4.38. The number of nitrogens with zero attached hydrogens (tertiary/aromatic N) is 1. The van der Waals surface area contributed by atoms with Crippen LogP contribution in [-0.2, 0) is 10.2 Å². The zero-order valence-corrected chi connectivity index (χ0v) is 10.5. The molecule has 3 nitrogen and oxygen atoms in total. The third-order valence-corrected chi connectivity index (χ3v) is 3.56. The number of nitriles is 1. The van der Waals surface area contributed by atoms with Gasteiger partial charge in [-0.1, -0.05) is 6.07 Å². The lowest BCUT2D eigenvalue weighted by Gasteiger charge is -2.41. The third-order valence-electron chi connectivity index (χ3n) is 3.56. The van der Waals surface area contributed by atoms with Crippen LogP contribution < -0.4 is 4.74 Å². The van der Waals surface area contributed by atoms with Gasteiger partial charge in [-0.15, -0.1) is 0 Å². The molecule has 0 saturated carbocycles. The minimum atomic E-state index is -0.168. The van der Waals surface area contributed by atoms with E-state index in [0.717, 1.165) is 11.3 Å². The molecule has 0 unspecified atom stereocenters. The fraction of sp³-hybridized carbons (Fsp3) is 0.500. The highest BCUT2D eigenvalue weighted by Gasteiger charge is 2.42. The van der Waals surface area contributed by atoms with E-state index in [1.165, 1.54) is 11.1 Å². The van der Waals surface area contributed by atoms with Crippen LogP contribution in [-0.4, -0.2) is 20.3 Å². The predicted molar refractivity (Wildman–Crippen MR) is 65.2 cm³/mol. The Morgan fingerprint density at radius 2 is 2.00 bits per heavy atom. The molecule has 1 aliphatic rings. The van der Waals surface area contributed by atoms with Crippen LogP contribution in [0.1, 0.15) is 23.1 Å². The molecule has 1 aromatic rings. The highest BCUT2D eigenvalue weighted by Crippen LogP contribution is 2.41. The van der Waals surface area contributed by atoms with Gasteiger partial charge in [-0.25, -0.2) is 0 Å². The van der Waals surface area contributed by atoms with Crippen molar-refractivity contribution >= 4 is 0 Å². The summed E-state index contributed by atoms with van der Waals surface area (Å²) >= 11 is 0. The van der Waals surface area contributed by atoms with Gasteiger partial charge in [0.2, 0.25) is 0 Å². The molecule has 1 aliphatic heterocycles. The van der Waals surface area contributed by atoms with E-state index < -0.39 is 0 Å². The Kier molecular flexibility index (Phi) is 3.08. The van der Waals surface area contributed by atoms with Crippen molar-refractivity contribution in [2.45, 2.75) is 25.7 Å². The molecular weight excluding hydrogens is 214 g/mol. The first-order chi connectivity index (χ1) is 8.13. The molecular formula is C14H17NO2. The lowest BCUT2D eigenvalue weighted by atomic mass is 9.75. The van der Waals surface area contributed by atoms with Crippen molar-refractivity contribution < 1.29 is 9.47 Å². The Morgan fingerprint density at radius 1 is 1.35 bits per heavy atom. The van der Waals surface area contributed by atoms with Gasteiger partial charge >= 0.3 is 0 Å². The first kappa shape index (κ1) is 11.9. The van der Waals surface area contributed by atoms with Gasteiger partial charge in [0, 0.05) is 12.0 Å². The van der Waals surface area contributed by atoms with Gasteiger partial charge in [0.1, 0.15) is 5.75 Å². The summed E-state index contributed by atoms with van der Waals surface area (Å²) in [6.45, 7) is 5.37. The van der Waals surface area contributed by atoms with Crippen molar-refractivity contribution in [1.82, 2.24) is 0 Å². The zero-order valence-electron chi connectivity index (χ0n) is 10.5. The topological polar surface area (TPSA) is 42.2 Å². The molecule has 0 radical (unpaired) electrons. The van der Waals surface area contributed by atoms with Gasteiger partial charge < -0.3 is 9.47 Å². The van der Waals surface area contributed by atoms with Crippen molar-refractivity contribution in [3.63, 3.8) is 0 Å². The molecule has 1 fully saturated rings. The number of benzene rings is 1. The number of hydrogen-bond donors (Lipinski definition) is 0. The van der Waals surface area contributed by atoms with Crippen molar-refractivity contribution in [1.29, 1.82) is 5.26 Å². The number of ether oxygens (including phenoxy) is 2. The number of rotatable bonds is 3. The van der Waals surface area contributed by atoms with E-state index in [2.05, 4.69) is 26.0 Å². The lowest BCUT2D eigenvalue weighted by Crippen LogP contribution is -2.46. The average Bonchev–Trinajstić information content (AvgIpc) is 2.27. The maximum atomic E-state index is 8.97. The fourth-order valence-corrected chi connectivity index (χ4v) is 2.23. The van der Waals surface area contributed by atoms with E-state index in [1.807, 2.05) is 6.07 Å². The third kappa shape index (κ3) is 1.89. The van der Waals surface area contributed by atoms with Crippen molar-refractivity contribution in [3.8, 4) is 11.8 Å². The summed E-state index contributed by atoms with van der Waals surface area (Å²) < 4.78 is 10.8. The van der Waals surface area contributed by atoms with Crippen LogP contribution in [0.4, 0.5) is 0 Å². The number of aryl methyl sites for hydroxylation is 2. The van der Waals surface area contributed by atoms with Gasteiger partial charge in [-0.3, -0.25) is 0 Å². The molecule has 1 heterocycles. The Balaban J connectivity index is 2.50. The standard InChI is InChI=1S/C14H17NO2/c1-10-6-12(13(16-3)7-11(10)2)14(4-5-15)8-17-9-14/h6-7H,4,8-9H2,1-3H3. The highest BCUT2D eigenvalue weighted by molar-refractivity contribution is 5.47. The smallest absolute Gasteiger partial charge is 0.123 e. The highest BCUT2D eigenvalue weighted by atomic mass is 16.5. The number of methoxy groups -OCH3 is 1. The second-order valence-corrected chi connectivity index (χ2v) is 4.74. The summed E-state index contributed by atoms with van der Waals surface area (Å²) in [6, 6.07) is 6.44. The molecule has 0 amide bonds. The minimum Gasteiger partial charge on any atom is -0.496 e. The van der Waals surface area contributed by atoms with Gasteiger partial charge in [-0.05, 0) is 31.0 Å². The fourth-order valence-electron chi connectivity index (χ4n) is 2.23. The Labute approximate surface area is 102 Å². The van der Waals surface area contributed by atoms with Gasteiger partial charge in [0.05, 0.1) is 31.8 Å². The second-order valence-electron chi connectivity index (χ2n) is 4.74. The van der Waals surface area contributed by atoms with Crippen LogP contribution in [0, 0.1) is 25.2 Å². The van der Waals surface area contributed by atoms with Crippen molar-refractivity contribution in [2.75, 3.05) is 20.3 Å². The molecule has 0 N–H and O–H groups in total. The molecule has 0 atom stereocenters. The van der Waals surface area contributed by atoms with Crippen LogP contribution in [0.15, 0.2) is 12.1 Å². The zero-order chi connectivity index (χ0) is 12.5. The summed E-state index contributed by atoms with van der Waals surface area (Å²) in [6.07, 6.45) is 0.478. The first-order valence-corrected chi connectivity index (χ1v) is 5.73. The van der Waals surface area contributed by atoms with E-state index >= 15 is 0 Å². The maximum absolute atomic E-state index is 8.97. The largest absolute Gasteiger partial charge is 0.496 e. The Morgan fingerprint density at radius 3 is 2.47 bits per heavy atom. The molecule has 0 bridgehead atoms. The van der Waals surface area contributed by atoms with E-state index in [0.29, 0.717) is 19.6 Å². The molecule has 17 heavy (non-hydrogen) atoms. The summed E-state index contributed by atoms with van der Waals surface area (Å²) in [7, 11) is 1.67. The van der Waals surface area contributed by atoms with Crippen molar-refractivity contribution in [2.24, 2.45) is 0 Å². The summed E-state index contributed by atoms with van der Waals surface area (Å²) in [4.78, 5) is 0. The van der Waals surface area contributed by atoms with Crippen LogP contribution in [0.2, 0.25) is 0 Å². The summed E-state index contributed by atoms with van der Waals surface area (Å²) in [5.74, 6) is 0.867. The van der Waals surface area contributed by atoms with Crippen LogP contribution in [0.5, 0.6) is 5.75 Å². The molecule has 0 aliphatic carbocycles. The van der Waals surface area contributed by atoms with Crippen LogP contribution >= 0.6 is 0 Å². The van der Waals surface area contributed by atoms with E-state index in [-0.39, 0.29) is 5.41 Å². The molecule has 1 aromatic carbocycles. The molecule has 1 saturated heterocycles. The minimum absolute atomic E-state index is 0.168. The molecule has 90 valence electrons. The van der Waals surface area contributed by atoms with Gasteiger partial charge in [-0.2, -0.15) is 5.26 Å². The van der Waals surface area contributed by atoms with E-state index in [1.54, 1.807) is 7.11 Å². The van der Waals surface area contributed by atoms with E-state index in [9.17, 15) is 0 Å². The number of hydrogen-bond acceptors (Lipinski definition) is 3. The average molecular weight is 231 g/mol. The normalized spacial score (nSPS) is 17.1. The Bertz CT molecular complexity index is 470. The van der Waals surface area contributed by atoms with Crippen molar-refractivity contribution in [3.05, 3.63) is 28.8 Å². The Hall–Kier alpha value is -1.53. The summed E-state index contributed by atoms with van der Waals surface area (Å²) in [5, 5.41) is 8.97. The van der Waals surface area contributed by atoms with E-state index in [4.69, 9.17) is 14.7 Å². The molecule has 0 aromatic heterocycles. The lowest BCUT2D eigenvalue weighted by molar-refractivity contribution is -0.0586. The summed E-state index contributed by atoms with van der Waals surface area (Å²) in [5.41, 5.74) is 3.37. The van der Waals surface area contributed by atoms with Gasteiger partial charge in [0.15, 0.2) is 0 Å². The van der Waals surface area contributed by atoms with Crippen LogP contribution in [0.3, 0.4) is 0 Å². The molecule has 0 spiro atoms. The van der Waals surface area contributed by atoms with Gasteiger partial charge in [0.25, 0.3) is 0 Å². The SMILES string of the molecule is COc1cc(C)c(C)cc1C1(CC#N)COC1.